The number of rotatable bonds is 8. The first-order valence-electron chi connectivity index (χ1n) is 6.38. The van der Waals surface area contributed by atoms with E-state index in [1.807, 2.05) is 6.92 Å². The second-order valence-electron chi connectivity index (χ2n) is 4.23. The third kappa shape index (κ3) is 3.92. The zero-order valence-electron chi connectivity index (χ0n) is 11.2. The highest BCUT2D eigenvalue weighted by molar-refractivity contribution is 7.89. The van der Waals surface area contributed by atoms with Crippen LogP contribution in [0.5, 0.6) is 0 Å². The predicted molar refractivity (Wildman–Crippen MR) is 73.6 cm³/mol. The number of nitrogens with zero attached hydrogens (tertiary/aromatic N) is 1. The number of furan rings is 1. The zero-order valence-corrected chi connectivity index (χ0v) is 12.0. The van der Waals surface area contributed by atoms with Gasteiger partial charge in [0.15, 0.2) is 0 Å². The lowest BCUT2D eigenvalue weighted by atomic mass is 10.3. The summed E-state index contributed by atoms with van der Waals surface area (Å²) in [5, 5.41) is 3.01. The highest BCUT2D eigenvalue weighted by atomic mass is 32.2. The number of nitrogens with one attached hydrogen (secondary N) is 3. The first kappa shape index (κ1) is 14.8. The van der Waals surface area contributed by atoms with Crippen LogP contribution < -0.4 is 10.0 Å². The Morgan fingerprint density at radius 2 is 2.25 bits per heavy atom. The van der Waals surface area contributed by atoms with Gasteiger partial charge < -0.3 is 14.7 Å². The zero-order chi connectivity index (χ0) is 14.4. The van der Waals surface area contributed by atoms with Crippen LogP contribution in [-0.2, 0) is 23.0 Å². The van der Waals surface area contributed by atoms with Crippen molar-refractivity contribution in [1.82, 2.24) is 20.0 Å². The molecule has 0 radical (unpaired) electrons. The summed E-state index contributed by atoms with van der Waals surface area (Å²) >= 11 is 0. The first-order valence-corrected chi connectivity index (χ1v) is 7.86. The third-order valence-electron chi connectivity index (χ3n) is 2.69. The normalized spacial score (nSPS) is 11.8. The largest absolute Gasteiger partial charge is 0.447 e. The van der Waals surface area contributed by atoms with Crippen molar-refractivity contribution in [3.63, 3.8) is 0 Å². The molecule has 8 heteroatoms. The number of aromatic amines is 1. The first-order chi connectivity index (χ1) is 9.62. The lowest BCUT2D eigenvalue weighted by molar-refractivity contribution is 0.401. The lowest BCUT2D eigenvalue weighted by Gasteiger charge is -2.03. The van der Waals surface area contributed by atoms with E-state index in [4.69, 9.17) is 4.42 Å². The van der Waals surface area contributed by atoms with Crippen LogP contribution in [0.2, 0.25) is 0 Å². The van der Waals surface area contributed by atoms with Crippen LogP contribution in [0.15, 0.2) is 34.2 Å². The summed E-state index contributed by atoms with van der Waals surface area (Å²) in [7, 11) is -3.60. The molecule has 0 saturated carbocycles. The van der Waals surface area contributed by atoms with Gasteiger partial charge in [0.1, 0.15) is 5.76 Å². The SMILES string of the molecule is CCNCc1ccc(S(=O)(=O)NCCc2cnc[nH]2)o1. The van der Waals surface area contributed by atoms with Crippen LogP contribution in [-0.4, -0.2) is 31.5 Å². The molecule has 0 amide bonds. The topological polar surface area (TPSA) is 100 Å². The number of H-pyrrole nitrogens is 1. The fourth-order valence-corrected chi connectivity index (χ4v) is 2.64. The Balaban J connectivity index is 1.90. The van der Waals surface area contributed by atoms with Crippen LogP contribution in [0.1, 0.15) is 18.4 Å². The number of hydrogen-bond acceptors (Lipinski definition) is 5. The molecular weight excluding hydrogens is 280 g/mol. The Bertz CT molecular complexity index is 619. The molecule has 0 aliphatic rings. The monoisotopic (exact) mass is 298 g/mol. The van der Waals surface area contributed by atoms with E-state index in [0.29, 0.717) is 18.7 Å². The van der Waals surface area contributed by atoms with Crippen molar-refractivity contribution in [1.29, 1.82) is 0 Å². The molecule has 2 aromatic heterocycles. The van der Waals surface area contributed by atoms with E-state index in [9.17, 15) is 8.42 Å². The summed E-state index contributed by atoms with van der Waals surface area (Å²) in [5.41, 5.74) is 0.875. The van der Waals surface area contributed by atoms with Crippen molar-refractivity contribution in [3.05, 3.63) is 36.1 Å². The maximum absolute atomic E-state index is 12.0. The molecule has 2 heterocycles. The quantitative estimate of drug-likeness (QED) is 0.664. The van der Waals surface area contributed by atoms with Gasteiger partial charge >= 0.3 is 0 Å². The highest BCUT2D eigenvalue weighted by Gasteiger charge is 2.18. The fourth-order valence-electron chi connectivity index (χ4n) is 1.66. The Labute approximate surface area is 117 Å². The molecule has 0 aliphatic heterocycles. The molecule has 0 aliphatic carbocycles. The van der Waals surface area contributed by atoms with E-state index in [0.717, 1.165) is 12.2 Å². The Kier molecular flexibility index (Phi) is 4.94. The summed E-state index contributed by atoms with van der Waals surface area (Å²) in [5.74, 6) is 0.598. The van der Waals surface area contributed by atoms with E-state index in [1.165, 1.54) is 6.07 Å². The molecule has 2 aromatic rings. The van der Waals surface area contributed by atoms with Gasteiger partial charge in [-0.05, 0) is 18.7 Å². The van der Waals surface area contributed by atoms with E-state index in [2.05, 4.69) is 20.0 Å². The molecule has 0 unspecified atom stereocenters. The van der Waals surface area contributed by atoms with E-state index < -0.39 is 10.0 Å². The van der Waals surface area contributed by atoms with Crippen LogP contribution in [0.25, 0.3) is 0 Å². The molecule has 0 saturated heterocycles. The predicted octanol–water partition coefficient (Wildman–Crippen LogP) is 0.633. The smallest absolute Gasteiger partial charge is 0.273 e. The standard InChI is InChI=1S/C12H18N4O3S/c1-2-13-8-11-3-4-12(19-11)20(17,18)16-6-5-10-7-14-9-15-10/h3-4,7,9,13,16H,2,5-6,8H2,1H3,(H,14,15). The van der Waals surface area contributed by atoms with Crippen molar-refractivity contribution in [2.45, 2.75) is 25.0 Å². The average Bonchev–Trinajstić information content (AvgIpc) is 3.07. The molecule has 0 spiro atoms. The summed E-state index contributed by atoms with van der Waals surface area (Å²) in [6, 6.07) is 3.12. The maximum atomic E-state index is 12.0. The van der Waals surface area contributed by atoms with Crippen LogP contribution in [0.4, 0.5) is 0 Å². The molecule has 0 bridgehead atoms. The minimum Gasteiger partial charge on any atom is -0.447 e. The van der Waals surface area contributed by atoms with Gasteiger partial charge in [-0.25, -0.2) is 18.1 Å². The van der Waals surface area contributed by atoms with Crippen molar-refractivity contribution in [2.75, 3.05) is 13.1 Å². The van der Waals surface area contributed by atoms with E-state index >= 15 is 0 Å². The third-order valence-corrected chi connectivity index (χ3v) is 4.03. The minimum atomic E-state index is -3.60. The number of hydrogen-bond donors (Lipinski definition) is 3. The van der Waals surface area contributed by atoms with Gasteiger partial charge in [0.25, 0.3) is 10.0 Å². The molecule has 0 aromatic carbocycles. The second kappa shape index (κ2) is 6.69. The summed E-state index contributed by atoms with van der Waals surface area (Å²) in [6.45, 7) is 3.57. The summed E-state index contributed by atoms with van der Waals surface area (Å²) in [6.07, 6.45) is 3.77. The Hall–Kier alpha value is -1.64. The van der Waals surface area contributed by atoms with Crippen molar-refractivity contribution < 1.29 is 12.8 Å². The molecule has 3 N–H and O–H groups in total. The number of aromatic nitrogens is 2. The van der Waals surface area contributed by atoms with E-state index in [1.54, 1.807) is 18.6 Å². The minimum absolute atomic E-state index is 0.0602. The molecular formula is C12H18N4O3S. The van der Waals surface area contributed by atoms with E-state index in [-0.39, 0.29) is 11.6 Å². The van der Waals surface area contributed by atoms with Gasteiger partial charge in [0.2, 0.25) is 5.09 Å². The lowest BCUT2D eigenvalue weighted by Crippen LogP contribution is -2.25. The molecule has 2 rings (SSSR count). The van der Waals surface area contributed by atoms with Crippen LogP contribution >= 0.6 is 0 Å². The van der Waals surface area contributed by atoms with Gasteiger partial charge in [0.05, 0.1) is 12.9 Å². The molecule has 0 fully saturated rings. The number of imidazole rings is 1. The van der Waals surface area contributed by atoms with Gasteiger partial charge in [-0.15, -0.1) is 0 Å². The molecule has 0 atom stereocenters. The molecule has 20 heavy (non-hydrogen) atoms. The summed E-state index contributed by atoms with van der Waals surface area (Å²) < 4.78 is 31.8. The molecule has 110 valence electrons. The van der Waals surface area contributed by atoms with Gasteiger partial charge in [-0.3, -0.25) is 0 Å². The van der Waals surface area contributed by atoms with Crippen molar-refractivity contribution in [2.24, 2.45) is 0 Å². The summed E-state index contributed by atoms with van der Waals surface area (Å²) in [4.78, 5) is 6.78. The maximum Gasteiger partial charge on any atom is 0.273 e. The second-order valence-corrected chi connectivity index (χ2v) is 5.92. The Morgan fingerprint density at radius 1 is 1.40 bits per heavy atom. The molecule has 7 nitrogen and oxygen atoms in total. The van der Waals surface area contributed by atoms with Crippen LogP contribution in [0.3, 0.4) is 0 Å². The average molecular weight is 298 g/mol. The number of sulfonamides is 1. The van der Waals surface area contributed by atoms with Gasteiger partial charge in [-0.2, -0.15) is 0 Å². The van der Waals surface area contributed by atoms with Crippen LogP contribution in [0, 0.1) is 0 Å². The Morgan fingerprint density at radius 3 is 2.95 bits per heavy atom. The van der Waals surface area contributed by atoms with Crippen molar-refractivity contribution >= 4 is 10.0 Å². The van der Waals surface area contributed by atoms with Gasteiger partial charge in [0, 0.05) is 24.9 Å². The van der Waals surface area contributed by atoms with Crippen molar-refractivity contribution in [3.8, 4) is 0 Å². The fraction of sp³-hybridized carbons (Fsp3) is 0.417. The van der Waals surface area contributed by atoms with Gasteiger partial charge in [-0.1, -0.05) is 6.92 Å². The highest BCUT2D eigenvalue weighted by Crippen LogP contribution is 2.13.